The van der Waals surface area contributed by atoms with Crippen LogP contribution in [0.5, 0.6) is 0 Å². The van der Waals surface area contributed by atoms with Gasteiger partial charge in [-0.3, -0.25) is 14.3 Å². The van der Waals surface area contributed by atoms with E-state index in [1.165, 1.54) is 4.57 Å². The maximum absolute atomic E-state index is 11.8. The quantitative estimate of drug-likeness (QED) is 0.838. The number of H-pyrrole nitrogens is 1. The minimum Gasteiger partial charge on any atom is -0.325 e. The SMILES string of the molecule is CCCn1c(=O)[nH]c(=O)c2c1nc(CC)n2C. The molecule has 1 N–H and O–H groups in total. The summed E-state index contributed by atoms with van der Waals surface area (Å²) in [5, 5.41) is 0. The fraction of sp³-hybridized carbons (Fsp3) is 0.545. The Morgan fingerprint density at radius 2 is 2.00 bits per heavy atom. The van der Waals surface area contributed by atoms with Crippen LogP contribution >= 0.6 is 0 Å². The Labute approximate surface area is 97.9 Å². The van der Waals surface area contributed by atoms with Crippen LogP contribution in [0.2, 0.25) is 0 Å². The fourth-order valence-corrected chi connectivity index (χ4v) is 2.04. The summed E-state index contributed by atoms with van der Waals surface area (Å²) in [6.07, 6.45) is 1.55. The third kappa shape index (κ3) is 1.69. The second-order valence-electron chi connectivity index (χ2n) is 4.02. The van der Waals surface area contributed by atoms with Crippen LogP contribution in [0.25, 0.3) is 11.2 Å². The van der Waals surface area contributed by atoms with Crippen LogP contribution in [0, 0.1) is 0 Å². The lowest BCUT2D eigenvalue weighted by Gasteiger charge is -2.03. The van der Waals surface area contributed by atoms with Crippen molar-refractivity contribution in [2.75, 3.05) is 0 Å². The summed E-state index contributed by atoms with van der Waals surface area (Å²) < 4.78 is 3.27. The van der Waals surface area contributed by atoms with E-state index >= 15 is 0 Å². The van der Waals surface area contributed by atoms with Crippen molar-refractivity contribution < 1.29 is 0 Å². The third-order valence-corrected chi connectivity index (χ3v) is 2.87. The Morgan fingerprint density at radius 3 is 2.59 bits per heavy atom. The van der Waals surface area contributed by atoms with E-state index in [0.717, 1.165) is 18.7 Å². The second-order valence-corrected chi connectivity index (χ2v) is 4.02. The predicted molar refractivity (Wildman–Crippen MR) is 65.3 cm³/mol. The van der Waals surface area contributed by atoms with Crippen molar-refractivity contribution in [2.45, 2.75) is 33.2 Å². The second kappa shape index (κ2) is 4.20. The Morgan fingerprint density at radius 1 is 1.29 bits per heavy atom. The topological polar surface area (TPSA) is 72.7 Å². The molecule has 0 aliphatic heterocycles. The average Bonchev–Trinajstić information content (AvgIpc) is 2.62. The summed E-state index contributed by atoms with van der Waals surface area (Å²) in [6.45, 7) is 4.51. The normalized spacial score (nSPS) is 11.2. The number of hydrogen-bond acceptors (Lipinski definition) is 3. The number of hydrogen-bond donors (Lipinski definition) is 1. The van der Waals surface area contributed by atoms with Crippen LogP contribution in [0.3, 0.4) is 0 Å². The average molecular weight is 236 g/mol. The van der Waals surface area contributed by atoms with Crippen molar-refractivity contribution in [3.05, 3.63) is 26.7 Å². The van der Waals surface area contributed by atoms with Crippen molar-refractivity contribution in [1.29, 1.82) is 0 Å². The molecular weight excluding hydrogens is 220 g/mol. The van der Waals surface area contributed by atoms with Crippen LogP contribution in [0.4, 0.5) is 0 Å². The van der Waals surface area contributed by atoms with E-state index in [9.17, 15) is 9.59 Å². The molecule has 2 heterocycles. The molecule has 6 heteroatoms. The van der Waals surface area contributed by atoms with Gasteiger partial charge in [-0.2, -0.15) is 0 Å². The largest absolute Gasteiger partial charge is 0.330 e. The minimum absolute atomic E-state index is 0.368. The molecule has 0 saturated heterocycles. The first-order valence-electron chi connectivity index (χ1n) is 5.78. The summed E-state index contributed by atoms with van der Waals surface area (Å²) in [4.78, 5) is 30.2. The number of imidazole rings is 1. The molecule has 0 spiro atoms. The Kier molecular flexibility index (Phi) is 2.87. The highest BCUT2D eigenvalue weighted by Crippen LogP contribution is 2.09. The first kappa shape index (κ1) is 11.6. The van der Waals surface area contributed by atoms with Crippen LogP contribution in [0.1, 0.15) is 26.1 Å². The molecule has 0 aromatic carbocycles. The number of aryl methyl sites for hydroxylation is 3. The molecule has 92 valence electrons. The molecule has 0 fully saturated rings. The van der Waals surface area contributed by atoms with Gasteiger partial charge in [0.05, 0.1) is 0 Å². The summed E-state index contributed by atoms with van der Waals surface area (Å²) in [5.41, 5.74) is 0.201. The molecule has 17 heavy (non-hydrogen) atoms. The monoisotopic (exact) mass is 236 g/mol. The lowest BCUT2D eigenvalue weighted by molar-refractivity contribution is 0.652. The van der Waals surface area contributed by atoms with E-state index in [2.05, 4.69) is 9.97 Å². The number of nitrogens with zero attached hydrogens (tertiary/aromatic N) is 3. The number of fused-ring (bicyclic) bond motifs is 1. The minimum atomic E-state index is -0.384. The molecule has 0 atom stereocenters. The smallest absolute Gasteiger partial charge is 0.325 e. The van der Waals surface area contributed by atoms with Crippen LogP contribution < -0.4 is 11.2 Å². The molecular formula is C11H16N4O2. The van der Waals surface area contributed by atoms with Crippen molar-refractivity contribution in [1.82, 2.24) is 19.1 Å². The molecule has 0 aliphatic rings. The fourth-order valence-electron chi connectivity index (χ4n) is 2.04. The van der Waals surface area contributed by atoms with Gasteiger partial charge in [0.1, 0.15) is 5.82 Å². The van der Waals surface area contributed by atoms with Crippen molar-refractivity contribution >= 4 is 11.2 Å². The maximum Gasteiger partial charge on any atom is 0.330 e. The lowest BCUT2D eigenvalue weighted by atomic mass is 10.4. The van der Waals surface area contributed by atoms with Gasteiger partial charge in [-0.25, -0.2) is 9.78 Å². The first-order chi connectivity index (χ1) is 8.10. The summed E-state index contributed by atoms with van der Waals surface area (Å²) >= 11 is 0. The predicted octanol–water partition coefficient (Wildman–Crippen LogP) is 0.396. The maximum atomic E-state index is 11.8. The molecule has 0 radical (unpaired) electrons. The van der Waals surface area contributed by atoms with Gasteiger partial charge < -0.3 is 4.57 Å². The molecule has 2 aromatic heterocycles. The van der Waals surface area contributed by atoms with E-state index in [-0.39, 0.29) is 11.2 Å². The number of rotatable bonds is 3. The zero-order chi connectivity index (χ0) is 12.6. The molecule has 0 amide bonds. The van der Waals surface area contributed by atoms with Crippen molar-refractivity contribution in [3.63, 3.8) is 0 Å². The zero-order valence-electron chi connectivity index (χ0n) is 10.3. The summed E-state index contributed by atoms with van der Waals surface area (Å²) in [7, 11) is 1.80. The van der Waals surface area contributed by atoms with E-state index in [4.69, 9.17) is 0 Å². The molecule has 0 saturated carbocycles. The van der Waals surface area contributed by atoms with Crippen LogP contribution in [-0.4, -0.2) is 19.1 Å². The van der Waals surface area contributed by atoms with Gasteiger partial charge in [0.15, 0.2) is 11.2 Å². The Bertz CT molecular complexity index is 662. The van der Waals surface area contributed by atoms with Gasteiger partial charge in [0.2, 0.25) is 0 Å². The zero-order valence-corrected chi connectivity index (χ0v) is 10.3. The van der Waals surface area contributed by atoms with Crippen molar-refractivity contribution in [3.8, 4) is 0 Å². The van der Waals surface area contributed by atoms with Gasteiger partial charge in [0.25, 0.3) is 5.56 Å². The molecule has 0 unspecified atom stereocenters. The van der Waals surface area contributed by atoms with Gasteiger partial charge in [-0.05, 0) is 6.42 Å². The number of aromatic amines is 1. The van der Waals surface area contributed by atoms with Crippen LogP contribution in [0.15, 0.2) is 9.59 Å². The van der Waals surface area contributed by atoms with Crippen molar-refractivity contribution in [2.24, 2.45) is 7.05 Å². The van der Waals surface area contributed by atoms with E-state index in [0.29, 0.717) is 17.7 Å². The molecule has 0 aliphatic carbocycles. The molecule has 0 bridgehead atoms. The summed E-state index contributed by atoms with van der Waals surface area (Å²) in [6, 6.07) is 0. The first-order valence-corrected chi connectivity index (χ1v) is 5.78. The third-order valence-electron chi connectivity index (χ3n) is 2.87. The number of nitrogens with one attached hydrogen (secondary N) is 1. The molecule has 6 nitrogen and oxygen atoms in total. The number of aromatic nitrogens is 4. The Balaban J connectivity index is 2.92. The van der Waals surface area contributed by atoms with Gasteiger partial charge in [-0.15, -0.1) is 0 Å². The van der Waals surface area contributed by atoms with E-state index < -0.39 is 0 Å². The standard InChI is InChI=1S/C11H16N4O2/c1-4-6-15-9-8(10(16)13-11(15)17)14(3)7(5-2)12-9/h4-6H2,1-3H3,(H,13,16,17). The van der Waals surface area contributed by atoms with E-state index in [1.54, 1.807) is 11.6 Å². The Hall–Kier alpha value is -1.85. The van der Waals surface area contributed by atoms with Crippen LogP contribution in [-0.2, 0) is 20.0 Å². The molecule has 2 rings (SSSR count). The highest BCUT2D eigenvalue weighted by atomic mass is 16.2. The lowest BCUT2D eigenvalue weighted by Crippen LogP contribution is -2.30. The van der Waals surface area contributed by atoms with Gasteiger partial charge in [-0.1, -0.05) is 13.8 Å². The highest BCUT2D eigenvalue weighted by Gasteiger charge is 2.14. The van der Waals surface area contributed by atoms with Gasteiger partial charge in [0, 0.05) is 20.0 Å². The summed E-state index contributed by atoms with van der Waals surface area (Å²) in [5.74, 6) is 0.806. The van der Waals surface area contributed by atoms with E-state index in [1.807, 2.05) is 13.8 Å². The van der Waals surface area contributed by atoms with Gasteiger partial charge >= 0.3 is 5.69 Å². The molecule has 2 aromatic rings. The highest BCUT2D eigenvalue weighted by molar-refractivity contribution is 5.70.